The molecule has 0 unspecified atom stereocenters. The third-order valence-electron chi connectivity index (χ3n) is 3.35. The fourth-order valence-electron chi connectivity index (χ4n) is 2.27. The molecule has 2 rings (SSSR count). The van der Waals surface area contributed by atoms with Gasteiger partial charge >= 0.3 is 12.4 Å². The predicted octanol–water partition coefficient (Wildman–Crippen LogP) is 5.26. The minimum absolute atomic E-state index is 0.121. The molecule has 138 valence electrons. The van der Waals surface area contributed by atoms with Crippen LogP contribution in [-0.4, -0.2) is 31.9 Å². The summed E-state index contributed by atoms with van der Waals surface area (Å²) in [5.74, 6) is 0. The van der Waals surface area contributed by atoms with Gasteiger partial charge in [0.1, 0.15) is 13.2 Å². The summed E-state index contributed by atoms with van der Waals surface area (Å²) in [7, 11) is 0. The number of benzene rings is 2. The van der Waals surface area contributed by atoms with E-state index in [1.807, 2.05) is 36.4 Å². The van der Waals surface area contributed by atoms with E-state index in [0.29, 0.717) is 0 Å². The first-order chi connectivity index (χ1) is 11.6. The largest absolute Gasteiger partial charge is 0.411 e. The highest BCUT2D eigenvalue weighted by atomic mass is 19.4. The molecule has 0 saturated heterocycles. The van der Waals surface area contributed by atoms with Gasteiger partial charge in [-0.1, -0.05) is 42.5 Å². The Bertz CT molecular complexity index is 663. The summed E-state index contributed by atoms with van der Waals surface area (Å²) in [5.41, 5.74) is 0.773. The van der Waals surface area contributed by atoms with Crippen LogP contribution < -0.4 is 0 Å². The van der Waals surface area contributed by atoms with Crippen LogP contribution in [-0.2, 0) is 15.9 Å². The number of hydrogen-bond donors (Lipinski definition) is 0. The monoisotopic (exact) mass is 366 g/mol. The Morgan fingerprint density at radius 1 is 0.760 bits per heavy atom. The molecule has 0 spiro atoms. The topological polar surface area (TPSA) is 18.5 Å². The highest BCUT2D eigenvalue weighted by Gasteiger charge is 2.32. The Hall–Kier alpha value is -1.80. The van der Waals surface area contributed by atoms with E-state index in [1.54, 1.807) is 6.07 Å². The van der Waals surface area contributed by atoms with E-state index in [9.17, 15) is 26.3 Å². The SMILES string of the molecule is FC(F)(F)COC(CCc1ccc2ccccc2c1)OCC(F)(F)F. The van der Waals surface area contributed by atoms with E-state index in [2.05, 4.69) is 9.47 Å². The Kier molecular flexibility index (Phi) is 6.29. The van der Waals surface area contributed by atoms with E-state index < -0.39 is 31.9 Å². The molecule has 25 heavy (non-hydrogen) atoms. The van der Waals surface area contributed by atoms with Gasteiger partial charge in [-0.3, -0.25) is 0 Å². The van der Waals surface area contributed by atoms with Crippen molar-refractivity contribution in [1.29, 1.82) is 0 Å². The predicted molar refractivity (Wildman–Crippen MR) is 80.1 cm³/mol. The molecule has 0 fully saturated rings. The maximum atomic E-state index is 12.2. The molecule has 0 aliphatic heterocycles. The average Bonchev–Trinajstić information content (AvgIpc) is 2.52. The zero-order chi connectivity index (χ0) is 18.5. The van der Waals surface area contributed by atoms with E-state index in [1.165, 1.54) is 0 Å². The molecule has 2 aromatic carbocycles. The normalized spacial score (nSPS) is 12.9. The molecule has 0 N–H and O–H groups in total. The van der Waals surface area contributed by atoms with Crippen molar-refractivity contribution in [3.05, 3.63) is 48.0 Å². The molecule has 8 heteroatoms. The molecule has 0 atom stereocenters. The lowest BCUT2D eigenvalue weighted by molar-refractivity contribution is -0.260. The third kappa shape index (κ3) is 7.31. The summed E-state index contributed by atoms with van der Waals surface area (Å²) in [6.07, 6.45) is -10.8. The van der Waals surface area contributed by atoms with Gasteiger partial charge in [-0.05, 0) is 22.8 Å². The molecule has 0 heterocycles. The number of fused-ring (bicyclic) bond motifs is 1. The van der Waals surface area contributed by atoms with Crippen LogP contribution in [0.4, 0.5) is 26.3 Å². The number of ether oxygens (including phenoxy) is 2. The molecule has 0 bridgehead atoms. The minimum atomic E-state index is -4.64. The Morgan fingerprint density at radius 2 is 1.32 bits per heavy atom. The van der Waals surface area contributed by atoms with Crippen molar-refractivity contribution in [2.24, 2.45) is 0 Å². The lowest BCUT2D eigenvalue weighted by Crippen LogP contribution is -2.29. The molecule has 0 aromatic heterocycles. The number of aryl methyl sites for hydroxylation is 1. The first-order valence-corrected chi connectivity index (χ1v) is 7.47. The lowest BCUT2D eigenvalue weighted by atomic mass is 10.0. The van der Waals surface area contributed by atoms with E-state index in [-0.39, 0.29) is 12.8 Å². The second kappa shape index (κ2) is 8.05. The number of rotatable bonds is 7. The first-order valence-electron chi connectivity index (χ1n) is 7.47. The van der Waals surface area contributed by atoms with Crippen LogP contribution in [0.1, 0.15) is 12.0 Å². The van der Waals surface area contributed by atoms with Crippen LogP contribution in [0, 0.1) is 0 Å². The van der Waals surface area contributed by atoms with Crippen molar-refractivity contribution < 1.29 is 35.8 Å². The van der Waals surface area contributed by atoms with E-state index in [0.717, 1.165) is 16.3 Å². The van der Waals surface area contributed by atoms with Crippen molar-refractivity contribution >= 4 is 10.8 Å². The Labute approximate surface area is 140 Å². The summed E-state index contributed by atoms with van der Waals surface area (Å²) < 4.78 is 82.3. The second-order valence-corrected chi connectivity index (χ2v) is 5.50. The van der Waals surface area contributed by atoms with Gasteiger partial charge in [-0.15, -0.1) is 0 Å². The van der Waals surface area contributed by atoms with Crippen molar-refractivity contribution in [2.75, 3.05) is 13.2 Å². The van der Waals surface area contributed by atoms with Gasteiger partial charge in [0.15, 0.2) is 6.29 Å². The van der Waals surface area contributed by atoms with Gasteiger partial charge in [-0.2, -0.15) is 26.3 Å². The molecular formula is C17H16F6O2. The van der Waals surface area contributed by atoms with Crippen molar-refractivity contribution in [2.45, 2.75) is 31.5 Å². The molecule has 0 aliphatic carbocycles. The molecule has 2 aromatic rings. The van der Waals surface area contributed by atoms with Gasteiger partial charge in [0.2, 0.25) is 0 Å². The highest BCUT2D eigenvalue weighted by Crippen LogP contribution is 2.22. The molecule has 0 saturated carbocycles. The molecular weight excluding hydrogens is 350 g/mol. The standard InChI is InChI=1S/C17H16F6O2/c18-16(19,20)10-24-15(25-11-17(21,22)23)8-6-12-5-7-13-3-1-2-4-14(13)9-12/h1-5,7,9,15H,6,8,10-11H2. The fourth-order valence-corrected chi connectivity index (χ4v) is 2.27. The van der Waals surface area contributed by atoms with Gasteiger partial charge in [0, 0.05) is 6.42 Å². The van der Waals surface area contributed by atoms with Gasteiger partial charge in [0.25, 0.3) is 0 Å². The van der Waals surface area contributed by atoms with Crippen LogP contribution in [0.15, 0.2) is 42.5 Å². The van der Waals surface area contributed by atoms with Gasteiger partial charge in [0.05, 0.1) is 0 Å². The maximum Gasteiger partial charge on any atom is 0.411 e. The van der Waals surface area contributed by atoms with Crippen LogP contribution in [0.25, 0.3) is 10.8 Å². The quantitative estimate of drug-likeness (QED) is 0.492. The summed E-state index contributed by atoms with van der Waals surface area (Å²) in [5, 5.41) is 1.92. The zero-order valence-corrected chi connectivity index (χ0v) is 13.0. The maximum absolute atomic E-state index is 12.2. The van der Waals surface area contributed by atoms with Gasteiger partial charge < -0.3 is 9.47 Å². The van der Waals surface area contributed by atoms with Crippen LogP contribution in [0.3, 0.4) is 0 Å². The van der Waals surface area contributed by atoms with Crippen LogP contribution in [0.2, 0.25) is 0 Å². The number of hydrogen-bond acceptors (Lipinski definition) is 2. The van der Waals surface area contributed by atoms with Crippen LogP contribution >= 0.6 is 0 Å². The molecule has 0 aliphatic rings. The lowest BCUT2D eigenvalue weighted by Gasteiger charge is -2.20. The molecule has 0 amide bonds. The summed E-state index contributed by atoms with van der Waals surface area (Å²) in [6, 6.07) is 12.9. The van der Waals surface area contributed by atoms with Crippen molar-refractivity contribution in [1.82, 2.24) is 0 Å². The van der Waals surface area contributed by atoms with Gasteiger partial charge in [-0.25, -0.2) is 0 Å². The van der Waals surface area contributed by atoms with Crippen molar-refractivity contribution in [3.63, 3.8) is 0 Å². The Morgan fingerprint density at radius 3 is 1.88 bits per heavy atom. The minimum Gasteiger partial charge on any atom is -0.343 e. The molecule has 2 nitrogen and oxygen atoms in total. The summed E-state index contributed by atoms with van der Waals surface area (Å²) in [4.78, 5) is 0. The summed E-state index contributed by atoms with van der Waals surface area (Å²) in [6.45, 7) is -3.32. The zero-order valence-electron chi connectivity index (χ0n) is 13.0. The first kappa shape index (κ1) is 19.5. The summed E-state index contributed by atoms with van der Waals surface area (Å²) >= 11 is 0. The Balaban J connectivity index is 1.98. The van der Waals surface area contributed by atoms with Crippen LogP contribution in [0.5, 0.6) is 0 Å². The fraction of sp³-hybridized carbons (Fsp3) is 0.412. The second-order valence-electron chi connectivity index (χ2n) is 5.50. The highest BCUT2D eigenvalue weighted by molar-refractivity contribution is 5.82. The smallest absolute Gasteiger partial charge is 0.343 e. The molecule has 0 radical (unpaired) electrons. The number of alkyl halides is 6. The third-order valence-corrected chi connectivity index (χ3v) is 3.35. The van der Waals surface area contributed by atoms with E-state index >= 15 is 0 Å². The number of halogens is 6. The average molecular weight is 366 g/mol. The van der Waals surface area contributed by atoms with E-state index in [4.69, 9.17) is 0 Å². The van der Waals surface area contributed by atoms with Crippen molar-refractivity contribution in [3.8, 4) is 0 Å².